The molecule has 0 radical (unpaired) electrons. The molecule has 104 valence electrons. The number of carbonyl (C=O) groups excluding carboxylic acids is 2. The van der Waals surface area contributed by atoms with Crippen LogP contribution >= 0.6 is 0 Å². The number of hydrogen-bond donors (Lipinski definition) is 3. The molecule has 0 atom stereocenters. The summed E-state index contributed by atoms with van der Waals surface area (Å²) in [7, 11) is 0. The van der Waals surface area contributed by atoms with E-state index in [0.29, 0.717) is 13.1 Å². The van der Waals surface area contributed by atoms with Crippen molar-refractivity contribution < 1.29 is 9.59 Å². The van der Waals surface area contributed by atoms with Crippen LogP contribution in [0, 0.1) is 5.41 Å². The molecule has 1 aromatic rings. The zero-order chi connectivity index (χ0) is 14.5. The SMILES string of the molecule is CC(=O)Nc1ccccc1CNCC(C)(C)C(N)=O. The largest absolute Gasteiger partial charge is 0.369 e. The Morgan fingerprint density at radius 1 is 1.26 bits per heavy atom. The van der Waals surface area contributed by atoms with Crippen molar-refractivity contribution in [2.24, 2.45) is 11.1 Å². The predicted octanol–water partition coefficient (Wildman–Crippen LogP) is 1.25. The first-order valence-corrected chi connectivity index (χ1v) is 6.19. The van der Waals surface area contributed by atoms with Crippen molar-refractivity contribution in [1.29, 1.82) is 0 Å². The van der Waals surface area contributed by atoms with Gasteiger partial charge in [0.15, 0.2) is 0 Å². The smallest absolute Gasteiger partial charge is 0.224 e. The lowest BCUT2D eigenvalue weighted by Gasteiger charge is -2.21. The molecule has 1 rings (SSSR count). The summed E-state index contributed by atoms with van der Waals surface area (Å²) in [5.41, 5.74) is 6.46. The second-order valence-electron chi connectivity index (χ2n) is 5.19. The second-order valence-corrected chi connectivity index (χ2v) is 5.19. The van der Waals surface area contributed by atoms with E-state index in [9.17, 15) is 9.59 Å². The quantitative estimate of drug-likeness (QED) is 0.722. The molecule has 5 nitrogen and oxygen atoms in total. The lowest BCUT2D eigenvalue weighted by molar-refractivity contribution is -0.125. The van der Waals surface area contributed by atoms with Crippen LogP contribution in [0.25, 0.3) is 0 Å². The van der Waals surface area contributed by atoms with E-state index < -0.39 is 5.41 Å². The Morgan fingerprint density at radius 3 is 2.47 bits per heavy atom. The highest BCUT2D eigenvalue weighted by atomic mass is 16.1. The Morgan fingerprint density at radius 2 is 1.89 bits per heavy atom. The number of primary amides is 1. The van der Waals surface area contributed by atoms with Crippen LogP contribution in [0.5, 0.6) is 0 Å². The van der Waals surface area contributed by atoms with Gasteiger partial charge in [-0.1, -0.05) is 18.2 Å². The van der Waals surface area contributed by atoms with Crippen LogP contribution in [-0.4, -0.2) is 18.4 Å². The minimum Gasteiger partial charge on any atom is -0.369 e. The Bertz CT molecular complexity index is 470. The van der Waals surface area contributed by atoms with Gasteiger partial charge in [0.1, 0.15) is 0 Å². The van der Waals surface area contributed by atoms with E-state index in [4.69, 9.17) is 5.73 Å². The molecular weight excluding hydrogens is 242 g/mol. The number of nitrogens with two attached hydrogens (primary N) is 1. The molecule has 0 aliphatic heterocycles. The molecule has 4 N–H and O–H groups in total. The van der Waals surface area contributed by atoms with Crippen molar-refractivity contribution >= 4 is 17.5 Å². The van der Waals surface area contributed by atoms with Crippen molar-refractivity contribution in [2.45, 2.75) is 27.3 Å². The van der Waals surface area contributed by atoms with Gasteiger partial charge >= 0.3 is 0 Å². The standard InChI is InChI=1S/C14H21N3O2/c1-10(18)17-12-7-5-4-6-11(12)8-16-9-14(2,3)13(15)19/h4-7,16H,8-9H2,1-3H3,(H2,15,19)(H,17,18). The number of anilines is 1. The summed E-state index contributed by atoms with van der Waals surface area (Å²) in [5.74, 6) is -0.444. The number of carbonyl (C=O) groups is 2. The van der Waals surface area contributed by atoms with Crippen LogP contribution in [0.1, 0.15) is 26.3 Å². The average molecular weight is 263 g/mol. The Kier molecular flexibility index (Phi) is 5.06. The van der Waals surface area contributed by atoms with Crippen LogP contribution in [0.3, 0.4) is 0 Å². The van der Waals surface area contributed by atoms with Gasteiger partial charge in [0, 0.05) is 25.7 Å². The fourth-order valence-corrected chi connectivity index (χ4v) is 1.58. The molecule has 19 heavy (non-hydrogen) atoms. The number of hydrogen-bond acceptors (Lipinski definition) is 3. The van der Waals surface area contributed by atoms with Gasteiger partial charge in [-0.3, -0.25) is 9.59 Å². The van der Waals surface area contributed by atoms with E-state index in [1.54, 1.807) is 13.8 Å². The topological polar surface area (TPSA) is 84.2 Å². The summed E-state index contributed by atoms with van der Waals surface area (Å²) in [5, 5.41) is 5.96. The molecule has 0 unspecified atom stereocenters. The highest BCUT2D eigenvalue weighted by Crippen LogP contribution is 2.16. The van der Waals surface area contributed by atoms with Crippen molar-refractivity contribution in [3.63, 3.8) is 0 Å². The normalized spacial score (nSPS) is 11.1. The molecule has 0 heterocycles. The lowest BCUT2D eigenvalue weighted by Crippen LogP contribution is -2.40. The van der Waals surface area contributed by atoms with E-state index in [1.807, 2.05) is 24.3 Å². The summed E-state index contributed by atoms with van der Waals surface area (Å²) in [6, 6.07) is 7.54. The number of benzene rings is 1. The zero-order valence-corrected chi connectivity index (χ0v) is 11.6. The number of amides is 2. The van der Waals surface area contributed by atoms with E-state index in [2.05, 4.69) is 10.6 Å². The van der Waals surface area contributed by atoms with E-state index in [1.165, 1.54) is 6.92 Å². The van der Waals surface area contributed by atoms with E-state index >= 15 is 0 Å². The van der Waals surface area contributed by atoms with Crippen LogP contribution < -0.4 is 16.4 Å². The molecule has 0 saturated carbocycles. The Labute approximate surface area is 113 Å². The third kappa shape index (κ3) is 4.71. The lowest BCUT2D eigenvalue weighted by atomic mass is 9.93. The summed E-state index contributed by atoms with van der Waals surface area (Å²) in [4.78, 5) is 22.3. The highest BCUT2D eigenvalue weighted by Gasteiger charge is 2.24. The summed E-state index contributed by atoms with van der Waals surface area (Å²) < 4.78 is 0. The summed E-state index contributed by atoms with van der Waals surface area (Å²) in [6.45, 7) is 6.11. The molecule has 0 saturated heterocycles. The number of nitrogens with one attached hydrogen (secondary N) is 2. The molecule has 0 aliphatic rings. The first kappa shape index (κ1) is 15.2. The first-order valence-electron chi connectivity index (χ1n) is 6.19. The molecule has 5 heteroatoms. The van der Waals surface area contributed by atoms with Gasteiger partial charge in [-0.25, -0.2) is 0 Å². The molecule has 2 amide bonds. The zero-order valence-electron chi connectivity index (χ0n) is 11.6. The van der Waals surface area contributed by atoms with Gasteiger partial charge in [0.05, 0.1) is 5.41 Å². The van der Waals surface area contributed by atoms with Gasteiger partial charge in [0.2, 0.25) is 11.8 Å². The fourth-order valence-electron chi connectivity index (χ4n) is 1.58. The minimum absolute atomic E-state index is 0.107. The first-order chi connectivity index (χ1) is 8.83. The van der Waals surface area contributed by atoms with Crippen LogP contribution in [-0.2, 0) is 16.1 Å². The van der Waals surface area contributed by atoms with Gasteiger partial charge < -0.3 is 16.4 Å². The molecule has 0 fully saturated rings. The maximum Gasteiger partial charge on any atom is 0.224 e. The van der Waals surface area contributed by atoms with Crippen molar-refractivity contribution in [3.8, 4) is 0 Å². The maximum absolute atomic E-state index is 11.2. The second kappa shape index (κ2) is 6.33. The predicted molar refractivity (Wildman–Crippen MR) is 75.4 cm³/mol. The van der Waals surface area contributed by atoms with Gasteiger partial charge in [-0.2, -0.15) is 0 Å². The average Bonchev–Trinajstić information content (AvgIpc) is 2.30. The van der Waals surface area contributed by atoms with Crippen molar-refractivity contribution in [1.82, 2.24) is 5.32 Å². The Balaban J connectivity index is 2.63. The van der Waals surface area contributed by atoms with Gasteiger partial charge in [-0.15, -0.1) is 0 Å². The number of para-hydroxylation sites is 1. The maximum atomic E-state index is 11.2. The molecule has 1 aromatic carbocycles. The van der Waals surface area contributed by atoms with E-state index in [-0.39, 0.29) is 11.8 Å². The highest BCUT2D eigenvalue weighted by molar-refractivity contribution is 5.89. The van der Waals surface area contributed by atoms with Gasteiger partial charge in [-0.05, 0) is 25.5 Å². The van der Waals surface area contributed by atoms with Crippen molar-refractivity contribution in [2.75, 3.05) is 11.9 Å². The summed E-state index contributed by atoms with van der Waals surface area (Å²) in [6.07, 6.45) is 0. The van der Waals surface area contributed by atoms with Crippen LogP contribution in [0.4, 0.5) is 5.69 Å². The molecule has 0 aromatic heterocycles. The monoisotopic (exact) mass is 263 g/mol. The molecular formula is C14H21N3O2. The third-order valence-electron chi connectivity index (χ3n) is 2.88. The summed E-state index contributed by atoms with van der Waals surface area (Å²) >= 11 is 0. The molecule has 0 spiro atoms. The van der Waals surface area contributed by atoms with E-state index in [0.717, 1.165) is 11.3 Å². The molecule has 0 bridgehead atoms. The van der Waals surface area contributed by atoms with Crippen LogP contribution in [0.15, 0.2) is 24.3 Å². The van der Waals surface area contributed by atoms with Gasteiger partial charge in [0.25, 0.3) is 0 Å². The Hall–Kier alpha value is -1.88. The minimum atomic E-state index is -0.594. The van der Waals surface area contributed by atoms with Crippen molar-refractivity contribution in [3.05, 3.63) is 29.8 Å². The fraction of sp³-hybridized carbons (Fsp3) is 0.429. The number of rotatable bonds is 6. The third-order valence-corrected chi connectivity index (χ3v) is 2.88. The molecule has 0 aliphatic carbocycles. The van der Waals surface area contributed by atoms with Crippen LogP contribution in [0.2, 0.25) is 0 Å².